The monoisotopic (exact) mass is 556 g/mol. The molecule has 0 saturated carbocycles. The lowest BCUT2D eigenvalue weighted by molar-refractivity contribution is -0.456. The van der Waals surface area contributed by atoms with Crippen molar-refractivity contribution in [3.63, 3.8) is 0 Å². The Labute approximate surface area is 247 Å². The number of carboxylic acid groups (broad SMARTS) is 1. The van der Waals surface area contributed by atoms with Gasteiger partial charge in [-0.05, 0) is 118 Å². The second-order valence-corrected chi connectivity index (χ2v) is 14.2. The van der Waals surface area contributed by atoms with Gasteiger partial charge in [-0.25, -0.2) is 4.99 Å². The highest BCUT2D eigenvalue weighted by Gasteiger charge is 2.45. The number of unbranched alkanes of at least 4 members (excludes halogenated alkanes) is 2. The number of nitrogens with one attached hydrogen (secondary N) is 1. The fraction of sp³-hybridized carbons (Fsp3) is 0.611. The Balaban J connectivity index is 1.53. The van der Waals surface area contributed by atoms with Crippen LogP contribution in [-0.4, -0.2) is 48.5 Å². The molecule has 2 N–H and O–H groups in total. The summed E-state index contributed by atoms with van der Waals surface area (Å²) in [6.07, 6.45) is 8.89. The van der Waals surface area contributed by atoms with Crippen molar-refractivity contribution in [1.29, 1.82) is 0 Å². The number of aryl methyl sites for hydroxylation is 1. The molecule has 0 fully saturated rings. The van der Waals surface area contributed by atoms with Crippen LogP contribution in [0.1, 0.15) is 131 Å². The molecule has 1 aliphatic carbocycles. The number of nitrogens with zero attached hydrogens (tertiary/aromatic N) is 2. The van der Waals surface area contributed by atoms with E-state index in [-0.39, 0.29) is 17.4 Å². The lowest BCUT2D eigenvalue weighted by Crippen LogP contribution is -2.74. The smallest absolute Gasteiger partial charge is 0.303 e. The summed E-state index contributed by atoms with van der Waals surface area (Å²) in [5, 5.41) is 9.07. The Morgan fingerprint density at radius 2 is 1.78 bits per heavy atom. The van der Waals surface area contributed by atoms with Crippen LogP contribution in [0.4, 0.5) is 11.4 Å². The lowest BCUT2D eigenvalue weighted by Gasteiger charge is -2.49. The molecule has 0 amide bonds. The highest BCUT2D eigenvalue weighted by atomic mass is 16.4. The predicted molar refractivity (Wildman–Crippen MR) is 169 cm³/mol. The van der Waals surface area contributed by atoms with E-state index in [1.54, 1.807) is 11.3 Å². The Morgan fingerprint density at radius 3 is 2.51 bits per heavy atom. The molecule has 0 spiro atoms. The molecule has 0 saturated heterocycles. The van der Waals surface area contributed by atoms with Crippen molar-refractivity contribution in [2.24, 2.45) is 0 Å². The van der Waals surface area contributed by atoms with Crippen molar-refractivity contribution in [3.8, 4) is 0 Å². The molecular weight excluding hydrogens is 506 g/mol. The van der Waals surface area contributed by atoms with E-state index < -0.39 is 5.97 Å². The first kappa shape index (κ1) is 28.3. The second-order valence-electron chi connectivity index (χ2n) is 14.2. The Kier molecular flexibility index (Phi) is 7.23. The van der Waals surface area contributed by atoms with Crippen LogP contribution in [0.3, 0.4) is 0 Å². The number of rotatable bonds is 7. The van der Waals surface area contributed by atoms with Crippen LogP contribution < -0.4 is 14.8 Å². The first-order valence-electron chi connectivity index (χ1n) is 16.3. The zero-order valence-corrected chi connectivity index (χ0v) is 26.3. The van der Waals surface area contributed by atoms with E-state index in [2.05, 4.69) is 74.5 Å². The van der Waals surface area contributed by atoms with Gasteiger partial charge in [-0.15, -0.1) is 0 Å². The number of aliphatic carboxylic acids is 1. The number of anilines is 2. The number of carboxylic acids is 1. The number of hydrogen-bond donors (Lipinski definition) is 2. The summed E-state index contributed by atoms with van der Waals surface area (Å²) in [4.78, 5) is 20.3. The Hall–Kier alpha value is -2.82. The van der Waals surface area contributed by atoms with E-state index in [1.807, 2.05) is 0 Å². The number of hydrogen-bond acceptors (Lipinski definition) is 3. The third-order valence-corrected chi connectivity index (χ3v) is 10.6. The van der Waals surface area contributed by atoms with Crippen LogP contribution in [0.2, 0.25) is 0 Å². The van der Waals surface area contributed by atoms with Crippen molar-refractivity contribution < 1.29 is 14.9 Å². The fourth-order valence-corrected chi connectivity index (χ4v) is 8.88. The average Bonchev–Trinajstić information content (AvgIpc) is 2.91. The summed E-state index contributed by atoms with van der Waals surface area (Å²) in [6, 6.07) is 7.66. The van der Waals surface area contributed by atoms with E-state index in [0.717, 1.165) is 38.8 Å². The van der Waals surface area contributed by atoms with E-state index in [9.17, 15) is 4.79 Å². The van der Waals surface area contributed by atoms with Crippen molar-refractivity contribution in [1.82, 2.24) is 0 Å². The largest absolute Gasteiger partial charge is 0.481 e. The molecule has 41 heavy (non-hydrogen) atoms. The van der Waals surface area contributed by atoms with Crippen molar-refractivity contribution in [3.05, 3.63) is 57.1 Å². The maximum atomic E-state index is 11.0. The predicted octanol–water partition coefficient (Wildman–Crippen LogP) is 5.70. The summed E-state index contributed by atoms with van der Waals surface area (Å²) in [7, 11) is 0. The van der Waals surface area contributed by atoms with Crippen LogP contribution in [-0.2, 0) is 23.1 Å². The van der Waals surface area contributed by atoms with E-state index >= 15 is 0 Å². The minimum absolute atomic E-state index is 0.0958. The van der Waals surface area contributed by atoms with Gasteiger partial charge in [0.1, 0.15) is 6.54 Å². The van der Waals surface area contributed by atoms with E-state index in [0.29, 0.717) is 5.92 Å². The molecule has 5 nitrogen and oxygen atoms in total. The molecular formula is C36H50N3O2+. The van der Waals surface area contributed by atoms with E-state index in [4.69, 9.17) is 5.11 Å². The Morgan fingerprint density at radius 1 is 1.02 bits per heavy atom. The minimum Gasteiger partial charge on any atom is -0.481 e. The molecule has 2 aromatic rings. The highest BCUT2D eigenvalue weighted by molar-refractivity contribution is 6.14. The molecule has 4 aliphatic rings. The van der Waals surface area contributed by atoms with Gasteiger partial charge in [0.25, 0.3) is 0 Å². The SMILES string of the molecule is CCN1c2cc3c(cc2C(C)CC1(C)C)C(=[NH+]CCCCCC(=O)O)c1cc2c4c(c1C3(C)C)CCCN4CCC2. The van der Waals surface area contributed by atoms with Gasteiger partial charge < -0.3 is 14.9 Å². The molecule has 3 aliphatic heterocycles. The van der Waals surface area contributed by atoms with Gasteiger partial charge >= 0.3 is 5.97 Å². The van der Waals surface area contributed by atoms with Gasteiger partial charge in [-0.3, -0.25) is 4.79 Å². The third kappa shape index (κ3) is 4.68. The first-order chi connectivity index (χ1) is 19.5. The summed E-state index contributed by atoms with van der Waals surface area (Å²) in [5.74, 6) is -0.186. The summed E-state index contributed by atoms with van der Waals surface area (Å²) >= 11 is 0. The van der Waals surface area contributed by atoms with Gasteiger partial charge in [0.2, 0.25) is 5.71 Å². The van der Waals surface area contributed by atoms with Gasteiger partial charge in [0.15, 0.2) is 0 Å². The summed E-state index contributed by atoms with van der Waals surface area (Å²) in [6.45, 7) is 18.7. The number of fused-ring (bicyclic) bond motifs is 4. The molecule has 2 aromatic carbocycles. The molecule has 5 heteroatoms. The van der Waals surface area contributed by atoms with Gasteiger partial charge in [0, 0.05) is 54.8 Å². The number of carbonyl (C=O) groups is 1. The summed E-state index contributed by atoms with van der Waals surface area (Å²) < 4.78 is 0. The molecule has 6 rings (SSSR count). The minimum atomic E-state index is -0.694. The molecule has 3 heterocycles. The number of benzene rings is 2. The maximum absolute atomic E-state index is 11.0. The molecule has 1 unspecified atom stereocenters. The molecule has 0 radical (unpaired) electrons. The van der Waals surface area contributed by atoms with Crippen LogP contribution in [0, 0.1) is 0 Å². The zero-order chi connectivity index (χ0) is 29.1. The van der Waals surface area contributed by atoms with Crippen LogP contribution in [0.5, 0.6) is 0 Å². The summed E-state index contributed by atoms with van der Waals surface area (Å²) in [5.41, 5.74) is 14.7. The quantitative estimate of drug-likeness (QED) is 0.430. The molecule has 0 bridgehead atoms. The van der Waals surface area contributed by atoms with Gasteiger partial charge in [-0.2, -0.15) is 0 Å². The van der Waals surface area contributed by atoms with Gasteiger partial charge in [-0.1, -0.05) is 20.8 Å². The highest BCUT2D eigenvalue weighted by Crippen LogP contribution is 2.52. The topological polar surface area (TPSA) is 57.8 Å². The van der Waals surface area contributed by atoms with Crippen molar-refractivity contribution in [2.75, 3.05) is 36.0 Å². The average molecular weight is 557 g/mol. The third-order valence-electron chi connectivity index (χ3n) is 10.6. The van der Waals surface area contributed by atoms with Crippen LogP contribution >= 0.6 is 0 Å². The van der Waals surface area contributed by atoms with Crippen molar-refractivity contribution >= 4 is 23.1 Å². The maximum Gasteiger partial charge on any atom is 0.303 e. The first-order valence-corrected chi connectivity index (χ1v) is 16.3. The van der Waals surface area contributed by atoms with E-state index in [1.165, 1.54) is 83.6 Å². The fourth-order valence-electron chi connectivity index (χ4n) is 8.88. The van der Waals surface area contributed by atoms with Crippen molar-refractivity contribution in [2.45, 2.75) is 116 Å². The standard InChI is InChI=1S/C36H49N3O2/c1-7-39-30-21-29-27(20-26(30)23(2)22-35(39,3)4)33(37-16-10-8-9-15-31(40)41)28-19-24-13-11-17-38-18-12-14-25(34(24)38)32(28)36(29,5)6/h19-21,23H,7-18,22H2,1-6H3,(H,40,41)/p+1. The van der Waals surface area contributed by atoms with Crippen LogP contribution in [0.25, 0.3) is 0 Å². The Bertz CT molecular complexity index is 1400. The zero-order valence-electron chi connectivity index (χ0n) is 26.3. The normalized spacial score (nSPS) is 22.6. The molecule has 220 valence electrons. The molecule has 1 atom stereocenters. The lowest BCUT2D eigenvalue weighted by atomic mass is 9.63. The van der Waals surface area contributed by atoms with Gasteiger partial charge in [0.05, 0.1) is 11.1 Å². The molecule has 0 aromatic heterocycles. The van der Waals surface area contributed by atoms with Crippen LogP contribution in [0.15, 0.2) is 18.2 Å². The second kappa shape index (κ2) is 10.5.